The SMILES string of the molecule is O=C(c1ccn[nH]1)C1NCC[N+]1=O. The number of rotatable bonds is 2. The van der Waals surface area contributed by atoms with Gasteiger partial charge in [-0.05, 0) is 6.07 Å². The van der Waals surface area contributed by atoms with Crippen LogP contribution in [0.1, 0.15) is 10.5 Å². The van der Waals surface area contributed by atoms with Crippen LogP contribution in [0, 0.1) is 4.91 Å². The van der Waals surface area contributed by atoms with Crippen molar-refractivity contribution in [3.05, 3.63) is 22.9 Å². The Bertz CT molecular complexity index is 332. The molecule has 0 amide bonds. The lowest BCUT2D eigenvalue weighted by Gasteiger charge is -1.97. The van der Waals surface area contributed by atoms with Crippen molar-refractivity contribution < 1.29 is 9.55 Å². The molecule has 1 unspecified atom stereocenters. The van der Waals surface area contributed by atoms with E-state index in [2.05, 4.69) is 15.5 Å². The summed E-state index contributed by atoms with van der Waals surface area (Å²) in [6.07, 6.45) is 0.734. The molecule has 2 heterocycles. The topological polar surface area (TPSA) is 77.9 Å². The molecule has 0 bridgehead atoms. The van der Waals surface area contributed by atoms with Gasteiger partial charge < -0.3 is 0 Å². The molecular formula is C7H9N4O2+. The van der Waals surface area contributed by atoms with Crippen LogP contribution in [0.4, 0.5) is 0 Å². The summed E-state index contributed by atoms with van der Waals surface area (Å²) in [6.45, 7) is 0.901. The molecule has 0 radical (unpaired) electrons. The Morgan fingerprint density at radius 3 is 3.08 bits per heavy atom. The molecular weight excluding hydrogens is 172 g/mol. The summed E-state index contributed by atoms with van der Waals surface area (Å²) >= 11 is 0. The molecule has 2 N–H and O–H groups in total. The first kappa shape index (κ1) is 8.06. The summed E-state index contributed by atoms with van der Waals surface area (Å²) in [6, 6.07) is 1.55. The van der Waals surface area contributed by atoms with Crippen molar-refractivity contribution in [1.29, 1.82) is 0 Å². The Labute approximate surface area is 73.9 Å². The van der Waals surface area contributed by atoms with Gasteiger partial charge in [-0.3, -0.25) is 9.89 Å². The van der Waals surface area contributed by atoms with E-state index in [-0.39, 0.29) is 5.78 Å². The predicted molar refractivity (Wildman–Crippen MR) is 43.2 cm³/mol. The van der Waals surface area contributed by atoms with Gasteiger partial charge in [-0.15, -0.1) is 0 Å². The highest BCUT2D eigenvalue weighted by Crippen LogP contribution is 2.03. The number of aromatic amines is 1. The molecule has 13 heavy (non-hydrogen) atoms. The van der Waals surface area contributed by atoms with Gasteiger partial charge >= 0.3 is 6.17 Å². The highest BCUT2D eigenvalue weighted by atomic mass is 16.3. The van der Waals surface area contributed by atoms with Crippen LogP contribution in [0.15, 0.2) is 12.3 Å². The first-order valence-corrected chi connectivity index (χ1v) is 4.00. The molecule has 68 valence electrons. The number of carbonyl (C=O) groups is 1. The van der Waals surface area contributed by atoms with Gasteiger partial charge in [0.15, 0.2) is 0 Å². The first-order valence-electron chi connectivity index (χ1n) is 4.00. The molecule has 0 saturated carbocycles. The number of Topliss-reactive ketones (excluding diaryl/α,β-unsaturated/α-hetero) is 1. The molecule has 1 aromatic heterocycles. The van der Waals surface area contributed by atoms with Crippen molar-refractivity contribution in [3.8, 4) is 0 Å². The number of nitrogens with zero attached hydrogens (tertiary/aromatic N) is 2. The van der Waals surface area contributed by atoms with Crippen LogP contribution >= 0.6 is 0 Å². The van der Waals surface area contributed by atoms with Crippen LogP contribution in [-0.4, -0.2) is 40.0 Å². The molecule has 1 saturated heterocycles. The largest absolute Gasteiger partial charge is 0.319 e. The van der Waals surface area contributed by atoms with Crippen LogP contribution in [0.25, 0.3) is 0 Å². The van der Waals surface area contributed by atoms with E-state index in [0.717, 1.165) is 4.76 Å². The molecule has 0 aromatic carbocycles. The fourth-order valence-corrected chi connectivity index (χ4v) is 1.31. The van der Waals surface area contributed by atoms with E-state index >= 15 is 0 Å². The molecule has 1 fully saturated rings. The molecule has 1 aromatic rings. The van der Waals surface area contributed by atoms with E-state index in [9.17, 15) is 9.70 Å². The van der Waals surface area contributed by atoms with E-state index in [1.165, 1.54) is 6.20 Å². The van der Waals surface area contributed by atoms with Crippen molar-refractivity contribution in [2.75, 3.05) is 13.1 Å². The third-order valence-corrected chi connectivity index (χ3v) is 1.97. The number of aromatic nitrogens is 2. The van der Waals surface area contributed by atoms with Crippen molar-refractivity contribution >= 4 is 5.78 Å². The number of carbonyl (C=O) groups excluding carboxylic acids is 1. The third-order valence-electron chi connectivity index (χ3n) is 1.97. The lowest BCUT2D eigenvalue weighted by molar-refractivity contribution is -0.551. The number of nitrogens with one attached hydrogen (secondary N) is 2. The zero-order chi connectivity index (χ0) is 9.26. The van der Waals surface area contributed by atoms with Crippen molar-refractivity contribution in [3.63, 3.8) is 0 Å². The minimum absolute atomic E-state index is 0.259. The number of H-pyrrole nitrogens is 1. The summed E-state index contributed by atoms with van der Waals surface area (Å²) in [5.74, 6) is -0.259. The Balaban J connectivity index is 2.18. The van der Waals surface area contributed by atoms with Gasteiger partial charge in [-0.25, -0.2) is 5.32 Å². The second-order valence-corrected chi connectivity index (χ2v) is 2.83. The molecule has 1 aliphatic rings. The highest BCUT2D eigenvalue weighted by Gasteiger charge is 2.38. The monoisotopic (exact) mass is 181 g/mol. The van der Waals surface area contributed by atoms with E-state index in [1.54, 1.807) is 6.07 Å². The van der Waals surface area contributed by atoms with E-state index in [1.807, 2.05) is 0 Å². The molecule has 6 nitrogen and oxygen atoms in total. The smallest absolute Gasteiger partial charge is 0.283 e. The fraction of sp³-hybridized carbons (Fsp3) is 0.429. The molecule has 0 spiro atoms. The zero-order valence-corrected chi connectivity index (χ0v) is 6.86. The van der Waals surface area contributed by atoms with Crippen LogP contribution in [0.2, 0.25) is 0 Å². The Hall–Kier alpha value is -1.56. The Morgan fingerprint density at radius 2 is 2.54 bits per heavy atom. The van der Waals surface area contributed by atoms with E-state index in [0.29, 0.717) is 18.8 Å². The normalized spacial score (nSPS) is 22.2. The number of hydrogen-bond acceptors (Lipinski definition) is 4. The van der Waals surface area contributed by atoms with E-state index < -0.39 is 6.17 Å². The van der Waals surface area contributed by atoms with Crippen LogP contribution < -0.4 is 5.32 Å². The summed E-state index contributed by atoms with van der Waals surface area (Å²) < 4.78 is 0.739. The van der Waals surface area contributed by atoms with E-state index in [4.69, 9.17) is 0 Å². The van der Waals surface area contributed by atoms with Gasteiger partial charge in [0.25, 0.3) is 5.78 Å². The quantitative estimate of drug-likeness (QED) is 0.467. The predicted octanol–water partition coefficient (Wildman–Crippen LogP) is -0.699. The molecule has 1 atom stereocenters. The number of nitroso groups, excluding NO2 is 1. The maximum absolute atomic E-state index is 11.5. The van der Waals surface area contributed by atoms with Crippen LogP contribution in [0.3, 0.4) is 0 Å². The van der Waals surface area contributed by atoms with Gasteiger partial charge in [-0.2, -0.15) is 5.10 Å². The zero-order valence-electron chi connectivity index (χ0n) is 6.86. The highest BCUT2D eigenvalue weighted by molar-refractivity contribution is 5.97. The third kappa shape index (κ3) is 1.35. The van der Waals surface area contributed by atoms with Gasteiger partial charge in [0, 0.05) is 15.9 Å². The summed E-state index contributed by atoms with van der Waals surface area (Å²) in [5.41, 5.74) is 0.361. The van der Waals surface area contributed by atoms with Crippen molar-refractivity contribution in [2.24, 2.45) is 0 Å². The minimum Gasteiger partial charge on any atom is -0.283 e. The lowest BCUT2D eigenvalue weighted by Crippen LogP contribution is -2.36. The lowest BCUT2D eigenvalue weighted by atomic mass is 10.2. The minimum atomic E-state index is -0.750. The molecule has 1 aliphatic heterocycles. The first-order chi connectivity index (χ1) is 6.29. The summed E-state index contributed by atoms with van der Waals surface area (Å²) in [4.78, 5) is 22.7. The van der Waals surface area contributed by atoms with Crippen molar-refractivity contribution in [1.82, 2.24) is 15.5 Å². The standard InChI is InChI=1S/C7H8N4O2/c12-6(5-1-2-9-10-5)7-8-3-4-11(7)13/h1-2,7-8H,3-4H2/p+1. The molecule has 0 aliphatic carbocycles. The average Bonchev–Trinajstić information content (AvgIpc) is 2.72. The van der Waals surface area contributed by atoms with Gasteiger partial charge in [0.05, 0.1) is 6.54 Å². The number of ketones is 1. The van der Waals surface area contributed by atoms with Gasteiger partial charge in [-0.1, -0.05) is 0 Å². The Kier molecular flexibility index (Phi) is 1.90. The second kappa shape index (κ2) is 3.06. The van der Waals surface area contributed by atoms with Gasteiger partial charge in [0.1, 0.15) is 5.69 Å². The maximum atomic E-state index is 11.5. The number of hydrogen-bond donors (Lipinski definition) is 2. The molecule has 2 rings (SSSR count). The average molecular weight is 181 g/mol. The summed E-state index contributed by atoms with van der Waals surface area (Å²) in [7, 11) is 0. The van der Waals surface area contributed by atoms with Crippen molar-refractivity contribution in [2.45, 2.75) is 6.17 Å². The fourth-order valence-electron chi connectivity index (χ4n) is 1.31. The van der Waals surface area contributed by atoms with Crippen LogP contribution in [0.5, 0.6) is 0 Å². The summed E-state index contributed by atoms with van der Waals surface area (Å²) in [5, 5.41) is 8.99. The second-order valence-electron chi connectivity index (χ2n) is 2.83. The van der Waals surface area contributed by atoms with Crippen LogP contribution in [-0.2, 0) is 0 Å². The Morgan fingerprint density at radius 1 is 1.69 bits per heavy atom. The maximum Gasteiger partial charge on any atom is 0.319 e. The molecule has 6 heteroatoms. The van der Waals surface area contributed by atoms with Gasteiger partial charge in [0.2, 0.25) is 6.54 Å².